The second kappa shape index (κ2) is 6.64. The maximum Gasteiger partial charge on any atom is 0.410 e. The number of ether oxygens (including phenoxy) is 2. The van der Waals surface area contributed by atoms with Crippen LogP contribution < -0.4 is 0 Å². The topological polar surface area (TPSA) is 69.0 Å². The first-order valence-electron chi connectivity index (χ1n) is 7.07. The minimum absolute atomic E-state index is 0.203. The first-order valence-corrected chi connectivity index (χ1v) is 8.06. The Balaban J connectivity index is 1.71. The Labute approximate surface area is 134 Å². The highest BCUT2D eigenvalue weighted by atomic mass is 32.2. The number of amides is 1. The summed E-state index contributed by atoms with van der Waals surface area (Å²) in [6, 6.07) is 3.35. The fourth-order valence-electron chi connectivity index (χ4n) is 1.96. The van der Waals surface area contributed by atoms with Gasteiger partial charge < -0.3 is 18.8 Å². The van der Waals surface area contributed by atoms with E-state index in [9.17, 15) is 9.59 Å². The van der Waals surface area contributed by atoms with Crippen LogP contribution in [0, 0.1) is 5.92 Å². The SMILES string of the molecule is COC(=O)c1ccc(SCC2CN(C(=O)OC(C)(C)C)C2)o1. The fraction of sp³-hybridized carbons (Fsp3) is 0.600. The Morgan fingerprint density at radius 3 is 2.64 bits per heavy atom. The van der Waals surface area contributed by atoms with Gasteiger partial charge in [-0.2, -0.15) is 0 Å². The summed E-state index contributed by atoms with van der Waals surface area (Å²) in [5.41, 5.74) is -0.463. The molecule has 2 rings (SSSR count). The minimum atomic E-state index is -0.480. The van der Waals surface area contributed by atoms with Gasteiger partial charge in [-0.25, -0.2) is 9.59 Å². The average Bonchev–Trinajstić information content (AvgIpc) is 2.82. The number of hydrogen-bond donors (Lipinski definition) is 0. The standard InChI is InChI=1S/C15H21NO5S/c1-15(2,3)21-14(18)16-7-10(8-16)9-22-12-6-5-11(20-12)13(17)19-4/h5-6,10H,7-9H2,1-4H3. The number of thioether (sulfide) groups is 1. The van der Waals surface area contributed by atoms with E-state index >= 15 is 0 Å². The van der Waals surface area contributed by atoms with E-state index in [-0.39, 0.29) is 11.9 Å². The summed E-state index contributed by atoms with van der Waals surface area (Å²) in [5.74, 6) is 0.956. The molecule has 0 saturated carbocycles. The van der Waals surface area contributed by atoms with Crippen molar-refractivity contribution in [2.24, 2.45) is 5.92 Å². The molecule has 0 bridgehead atoms. The van der Waals surface area contributed by atoms with E-state index in [1.807, 2.05) is 20.8 Å². The molecule has 1 aliphatic rings. The Morgan fingerprint density at radius 1 is 1.36 bits per heavy atom. The summed E-state index contributed by atoms with van der Waals surface area (Å²) in [7, 11) is 1.32. The number of carbonyl (C=O) groups excluding carboxylic acids is 2. The molecule has 7 heteroatoms. The van der Waals surface area contributed by atoms with Crippen LogP contribution >= 0.6 is 11.8 Å². The largest absolute Gasteiger partial charge is 0.463 e. The van der Waals surface area contributed by atoms with Crippen molar-refractivity contribution in [3.05, 3.63) is 17.9 Å². The van der Waals surface area contributed by atoms with E-state index < -0.39 is 11.6 Å². The Bertz CT molecular complexity index is 542. The van der Waals surface area contributed by atoms with Crippen molar-refractivity contribution >= 4 is 23.8 Å². The first-order chi connectivity index (χ1) is 10.3. The van der Waals surface area contributed by atoms with Crippen molar-refractivity contribution in [1.29, 1.82) is 0 Å². The van der Waals surface area contributed by atoms with Crippen LogP contribution in [0.1, 0.15) is 31.3 Å². The van der Waals surface area contributed by atoms with Crippen LogP contribution in [0.25, 0.3) is 0 Å². The number of esters is 1. The van der Waals surface area contributed by atoms with Gasteiger partial charge in [0.2, 0.25) is 5.76 Å². The van der Waals surface area contributed by atoms with Crippen LogP contribution in [0.5, 0.6) is 0 Å². The zero-order valence-electron chi connectivity index (χ0n) is 13.3. The second-order valence-corrected chi connectivity index (χ2v) is 7.20. The lowest BCUT2D eigenvalue weighted by atomic mass is 10.0. The third-order valence-electron chi connectivity index (χ3n) is 3.04. The van der Waals surface area contributed by atoms with Crippen molar-refractivity contribution in [2.75, 3.05) is 26.0 Å². The molecule has 22 heavy (non-hydrogen) atoms. The highest BCUT2D eigenvalue weighted by molar-refractivity contribution is 7.99. The van der Waals surface area contributed by atoms with Gasteiger partial charge >= 0.3 is 12.1 Å². The third kappa shape index (κ3) is 4.43. The molecule has 1 fully saturated rings. The number of rotatable bonds is 4. The van der Waals surface area contributed by atoms with Gasteiger partial charge in [-0.1, -0.05) is 11.8 Å². The first kappa shape index (κ1) is 16.7. The fourth-order valence-corrected chi connectivity index (χ4v) is 2.88. The average molecular weight is 327 g/mol. The number of nitrogens with zero attached hydrogens (tertiary/aromatic N) is 1. The van der Waals surface area contributed by atoms with Gasteiger partial charge in [0.15, 0.2) is 5.09 Å². The van der Waals surface area contributed by atoms with Crippen LogP contribution in [-0.2, 0) is 9.47 Å². The zero-order chi connectivity index (χ0) is 16.3. The monoisotopic (exact) mass is 327 g/mol. The number of likely N-dealkylation sites (tertiary alicyclic amines) is 1. The zero-order valence-corrected chi connectivity index (χ0v) is 14.1. The Hall–Kier alpha value is -1.63. The molecule has 0 aliphatic carbocycles. The molecule has 122 valence electrons. The van der Waals surface area contributed by atoms with Gasteiger partial charge in [-0.05, 0) is 32.9 Å². The molecule has 6 nitrogen and oxygen atoms in total. The van der Waals surface area contributed by atoms with E-state index in [0.29, 0.717) is 24.1 Å². The summed E-state index contributed by atoms with van der Waals surface area (Å²) in [5, 5.41) is 0.677. The smallest absolute Gasteiger partial charge is 0.410 e. The Morgan fingerprint density at radius 2 is 2.05 bits per heavy atom. The van der Waals surface area contributed by atoms with Crippen LogP contribution in [0.15, 0.2) is 21.6 Å². The van der Waals surface area contributed by atoms with Gasteiger partial charge in [-0.15, -0.1) is 0 Å². The molecule has 0 spiro atoms. The van der Waals surface area contributed by atoms with Crippen molar-refractivity contribution < 1.29 is 23.5 Å². The van der Waals surface area contributed by atoms with Crippen LogP contribution in [0.3, 0.4) is 0 Å². The van der Waals surface area contributed by atoms with Crippen molar-refractivity contribution in [3.8, 4) is 0 Å². The van der Waals surface area contributed by atoms with Crippen LogP contribution in [0.4, 0.5) is 4.79 Å². The lowest BCUT2D eigenvalue weighted by Crippen LogP contribution is -2.52. The normalized spacial score (nSPS) is 15.4. The Kier molecular flexibility index (Phi) is 5.05. The van der Waals surface area contributed by atoms with Gasteiger partial charge in [0, 0.05) is 24.8 Å². The molecule has 1 amide bonds. The molecule has 1 aliphatic heterocycles. The van der Waals surface area contributed by atoms with Crippen molar-refractivity contribution in [2.45, 2.75) is 31.5 Å². The lowest BCUT2D eigenvalue weighted by molar-refractivity contribution is 0.00212. The van der Waals surface area contributed by atoms with Crippen LogP contribution in [-0.4, -0.2) is 48.5 Å². The number of hydrogen-bond acceptors (Lipinski definition) is 6. The highest BCUT2D eigenvalue weighted by Gasteiger charge is 2.33. The highest BCUT2D eigenvalue weighted by Crippen LogP contribution is 2.28. The maximum absolute atomic E-state index is 11.8. The molecule has 0 N–H and O–H groups in total. The molecular formula is C15H21NO5S. The molecule has 1 aromatic rings. The molecule has 1 saturated heterocycles. The molecule has 1 aromatic heterocycles. The summed E-state index contributed by atoms with van der Waals surface area (Å²) < 4.78 is 15.3. The quantitative estimate of drug-likeness (QED) is 0.625. The molecule has 2 heterocycles. The summed E-state index contributed by atoms with van der Waals surface area (Å²) in [6.07, 6.45) is -0.264. The second-order valence-electron chi connectivity index (χ2n) is 6.17. The summed E-state index contributed by atoms with van der Waals surface area (Å²) in [4.78, 5) is 24.8. The molecular weight excluding hydrogens is 306 g/mol. The van der Waals surface area contributed by atoms with E-state index in [2.05, 4.69) is 4.74 Å². The molecule has 0 radical (unpaired) electrons. The summed E-state index contributed by atoms with van der Waals surface area (Å²) in [6.45, 7) is 6.94. The van der Waals surface area contributed by atoms with Gasteiger partial charge in [-0.3, -0.25) is 0 Å². The lowest BCUT2D eigenvalue weighted by Gasteiger charge is -2.39. The van der Waals surface area contributed by atoms with Crippen molar-refractivity contribution in [1.82, 2.24) is 4.90 Å². The van der Waals surface area contributed by atoms with Crippen molar-refractivity contribution in [3.63, 3.8) is 0 Å². The maximum atomic E-state index is 11.8. The van der Waals surface area contributed by atoms with Crippen LogP contribution in [0.2, 0.25) is 0 Å². The van der Waals surface area contributed by atoms with E-state index in [0.717, 1.165) is 5.75 Å². The van der Waals surface area contributed by atoms with Gasteiger partial charge in [0.05, 0.1) is 7.11 Å². The number of furan rings is 1. The molecule has 0 atom stereocenters. The van der Waals surface area contributed by atoms with Gasteiger partial charge in [0.25, 0.3) is 0 Å². The van der Waals surface area contributed by atoms with E-state index in [4.69, 9.17) is 9.15 Å². The summed E-state index contributed by atoms with van der Waals surface area (Å²) >= 11 is 1.53. The number of methoxy groups -OCH3 is 1. The predicted molar refractivity (Wildman–Crippen MR) is 82.1 cm³/mol. The molecule has 0 aromatic carbocycles. The molecule has 0 unspecified atom stereocenters. The number of carbonyl (C=O) groups is 2. The van der Waals surface area contributed by atoms with Gasteiger partial charge in [0.1, 0.15) is 5.60 Å². The van der Waals surface area contributed by atoms with E-state index in [1.54, 1.807) is 17.0 Å². The van der Waals surface area contributed by atoms with E-state index in [1.165, 1.54) is 18.9 Å². The minimum Gasteiger partial charge on any atom is -0.463 e. The third-order valence-corrected chi connectivity index (χ3v) is 4.18. The predicted octanol–water partition coefficient (Wildman–Crippen LogP) is 3.03.